The number of nitro groups is 1. The minimum Gasteiger partial charge on any atom is -0.489 e. The first-order chi connectivity index (χ1) is 9.08. The van der Waals surface area contributed by atoms with Gasteiger partial charge in [0.05, 0.1) is 0 Å². The Morgan fingerprint density at radius 1 is 1.42 bits per heavy atom. The van der Waals surface area contributed by atoms with E-state index in [4.69, 9.17) is 10.5 Å². The predicted molar refractivity (Wildman–Crippen MR) is 70.0 cm³/mol. The second kappa shape index (κ2) is 5.38. The number of aromatic nitrogens is 2. The van der Waals surface area contributed by atoms with Gasteiger partial charge in [-0.15, -0.1) is 0 Å². The molecular weight excluding hydrogens is 248 g/mol. The number of hydrogen-bond donors (Lipinski definition) is 1. The fourth-order valence-corrected chi connectivity index (χ4v) is 1.70. The largest absolute Gasteiger partial charge is 0.489 e. The number of imidazole rings is 1. The lowest BCUT2D eigenvalue weighted by Crippen LogP contribution is -2.11. The quantitative estimate of drug-likeness (QED) is 0.503. The van der Waals surface area contributed by atoms with Crippen molar-refractivity contribution < 1.29 is 9.66 Å². The van der Waals surface area contributed by atoms with Gasteiger partial charge in [-0.25, -0.2) is 9.55 Å². The van der Waals surface area contributed by atoms with E-state index in [0.29, 0.717) is 30.4 Å². The number of nitrogens with two attached hydrogens (primary N) is 1. The third-order valence-corrected chi connectivity index (χ3v) is 2.68. The highest BCUT2D eigenvalue weighted by atomic mass is 16.6. The van der Waals surface area contributed by atoms with Gasteiger partial charge in [-0.2, -0.15) is 0 Å². The van der Waals surface area contributed by atoms with Crippen molar-refractivity contribution in [3.63, 3.8) is 0 Å². The number of anilines is 1. The van der Waals surface area contributed by atoms with Gasteiger partial charge in [-0.1, -0.05) is 0 Å². The minimum atomic E-state index is -0.455. The summed E-state index contributed by atoms with van der Waals surface area (Å²) in [5.74, 6) is 1.24. The molecule has 0 amide bonds. The van der Waals surface area contributed by atoms with Crippen LogP contribution in [0.3, 0.4) is 0 Å². The Morgan fingerprint density at radius 3 is 2.74 bits per heavy atom. The number of aryl methyl sites for hydroxylation is 1. The number of nitrogen functional groups attached to an aromatic ring is 1. The molecule has 7 heteroatoms. The predicted octanol–water partition coefficient (Wildman–Crippen LogP) is 1.76. The van der Waals surface area contributed by atoms with Crippen molar-refractivity contribution in [2.75, 3.05) is 12.3 Å². The van der Waals surface area contributed by atoms with E-state index in [1.165, 1.54) is 10.8 Å². The molecule has 0 bridgehead atoms. The van der Waals surface area contributed by atoms with Crippen molar-refractivity contribution in [3.8, 4) is 5.75 Å². The topological polar surface area (TPSA) is 96.2 Å². The lowest BCUT2D eigenvalue weighted by molar-refractivity contribution is -0.392. The molecule has 7 nitrogen and oxygen atoms in total. The van der Waals surface area contributed by atoms with Gasteiger partial charge >= 0.3 is 5.82 Å². The van der Waals surface area contributed by atoms with Crippen molar-refractivity contribution in [2.45, 2.75) is 13.5 Å². The lowest BCUT2D eigenvalue weighted by Gasteiger charge is -2.06. The van der Waals surface area contributed by atoms with Crippen LogP contribution in [0.2, 0.25) is 0 Å². The van der Waals surface area contributed by atoms with Crippen LogP contribution < -0.4 is 10.5 Å². The normalized spacial score (nSPS) is 10.4. The van der Waals surface area contributed by atoms with E-state index in [0.717, 1.165) is 0 Å². The summed E-state index contributed by atoms with van der Waals surface area (Å²) in [6, 6.07) is 6.98. The van der Waals surface area contributed by atoms with Gasteiger partial charge in [-0.3, -0.25) is 0 Å². The molecule has 2 rings (SSSR count). The van der Waals surface area contributed by atoms with Gasteiger partial charge in [0, 0.05) is 12.6 Å². The molecule has 1 aromatic carbocycles. The van der Waals surface area contributed by atoms with Gasteiger partial charge in [0.2, 0.25) is 0 Å². The van der Waals surface area contributed by atoms with E-state index >= 15 is 0 Å². The second-order valence-corrected chi connectivity index (χ2v) is 3.99. The average molecular weight is 262 g/mol. The fraction of sp³-hybridized carbons (Fsp3) is 0.250. The van der Waals surface area contributed by atoms with Crippen LogP contribution >= 0.6 is 0 Å². The number of benzene rings is 1. The summed E-state index contributed by atoms with van der Waals surface area (Å²) in [6.07, 6.45) is 1.25. The zero-order chi connectivity index (χ0) is 13.8. The molecule has 0 aliphatic carbocycles. The first-order valence-electron chi connectivity index (χ1n) is 5.73. The van der Waals surface area contributed by atoms with Gasteiger partial charge in [-0.05, 0) is 29.2 Å². The van der Waals surface area contributed by atoms with E-state index in [-0.39, 0.29) is 5.82 Å². The van der Waals surface area contributed by atoms with E-state index in [1.807, 2.05) is 0 Å². The lowest BCUT2D eigenvalue weighted by atomic mass is 10.3. The van der Waals surface area contributed by atoms with Crippen LogP contribution in [-0.4, -0.2) is 21.1 Å². The molecule has 19 heavy (non-hydrogen) atoms. The van der Waals surface area contributed by atoms with Crippen LogP contribution in [0.25, 0.3) is 0 Å². The number of nitrogens with zero attached hydrogens (tertiary/aromatic N) is 3. The molecule has 0 aliphatic heterocycles. The SMILES string of the molecule is Cc1ncc([N+](=O)[O-])n1CCOc1ccc(N)cc1. The Morgan fingerprint density at radius 2 is 2.11 bits per heavy atom. The maximum atomic E-state index is 10.8. The van der Waals surface area contributed by atoms with Crippen LogP contribution in [0, 0.1) is 17.0 Å². The van der Waals surface area contributed by atoms with Crippen LogP contribution in [-0.2, 0) is 6.54 Å². The second-order valence-electron chi connectivity index (χ2n) is 3.99. The van der Waals surface area contributed by atoms with Gasteiger partial charge in [0.25, 0.3) is 0 Å². The number of hydrogen-bond acceptors (Lipinski definition) is 5. The smallest absolute Gasteiger partial charge is 0.342 e. The molecule has 0 saturated heterocycles. The third-order valence-electron chi connectivity index (χ3n) is 2.68. The van der Waals surface area contributed by atoms with Crippen LogP contribution in [0.5, 0.6) is 5.75 Å². The van der Waals surface area contributed by atoms with Gasteiger partial charge in [0.15, 0.2) is 5.82 Å². The Bertz CT molecular complexity index is 577. The molecule has 0 radical (unpaired) electrons. The van der Waals surface area contributed by atoms with Gasteiger partial charge < -0.3 is 20.6 Å². The summed E-state index contributed by atoms with van der Waals surface area (Å²) in [5, 5.41) is 10.8. The maximum Gasteiger partial charge on any atom is 0.342 e. The number of rotatable bonds is 5. The summed E-state index contributed by atoms with van der Waals surface area (Å²) >= 11 is 0. The highest BCUT2D eigenvalue weighted by Gasteiger charge is 2.16. The summed E-state index contributed by atoms with van der Waals surface area (Å²) in [7, 11) is 0. The highest BCUT2D eigenvalue weighted by molar-refractivity contribution is 5.41. The standard InChI is InChI=1S/C12H14N4O3/c1-9-14-8-12(16(17)18)15(9)6-7-19-11-4-2-10(13)3-5-11/h2-5,8H,6-7,13H2,1H3. The summed E-state index contributed by atoms with van der Waals surface area (Å²) in [4.78, 5) is 14.3. The Labute approximate surface area is 109 Å². The molecule has 2 aromatic rings. The first kappa shape index (κ1) is 12.9. The van der Waals surface area contributed by atoms with Crippen molar-refractivity contribution in [2.24, 2.45) is 0 Å². The average Bonchev–Trinajstić information content (AvgIpc) is 2.74. The van der Waals surface area contributed by atoms with Gasteiger partial charge in [0.1, 0.15) is 25.1 Å². The molecule has 0 aliphatic rings. The van der Waals surface area contributed by atoms with Crippen molar-refractivity contribution in [1.29, 1.82) is 0 Å². The van der Waals surface area contributed by atoms with Crippen molar-refractivity contribution in [1.82, 2.24) is 9.55 Å². The molecule has 2 N–H and O–H groups in total. The molecular formula is C12H14N4O3. The summed E-state index contributed by atoms with van der Waals surface area (Å²) < 4.78 is 7.01. The molecule has 1 aromatic heterocycles. The van der Waals surface area contributed by atoms with Crippen LogP contribution in [0.1, 0.15) is 5.82 Å². The van der Waals surface area contributed by atoms with Crippen LogP contribution in [0.4, 0.5) is 11.5 Å². The minimum absolute atomic E-state index is 0.0293. The Hall–Kier alpha value is -2.57. The summed E-state index contributed by atoms with van der Waals surface area (Å²) in [5.41, 5.74) is 6.22. The zero-order valence-electron chi connectivity index (χ0n) is 10.4. The zero-order valence-corrected chi connectivity index (χ0v) is 10.4. The Balaban J connectivity index is 1.97. The molecule has 0 unspecified atom stereocenters. The van der Waals surface area contributed by atoms with Crippen molar-refractivity contribution >= 4 is 11.5 Å². The third kappa shape index (κ3) is 3.01. The molecule has 0 spiro atoms. The van der Waals surface area contributed by atoms with E-state index in [1.54, 1.807) is 31.2 Å². The van der Waals surface area contributed by atoms with E-state index in [2.05, 4.69) is 4.98 Å². The first-order valence-corrected chi connectivity index (χ1v) is 5.73. The maximum absolute atomic E-state index is 10.8. The summed E-state index contributed by atoms with van der Waals surface area (Å²) in [6.45, 7) is 2.41. The Kier molecular flexibility index (Phi) is 3.65. The van der Waals surface area contributed by atoms with Crippen LogP contribution in [0.15, 0.2) is 30.5 Å². The highest BCUT2D eigenvalue weighted by Crippen LogP contribution is 2.15. The number of ether oxygens (including phenoxy) is 1. The van der Waals surface area contributed by atoms with E-state index < -0.39 is 4.92 Å². The molecule has 100 valence electrons. The molecule has 1 heterocycles. The molecule has 0 atom stereocenters. The molecule has 0 fully saturated rings. The van der Waals surface area contributed by atoms with E-state index in [9.17, 15) is 10.1 Å². The fourth-order valence-electron chi connectivity index (χ4n) is 1.70. The van der Waals surface area contributed by atoms with Crippen molar-refractivity contribution in [3.05, 3.63) is 46.4 Å². The monoisotopic (exact) mass is 262 g/mol. The molecule has 0 saturated carbocycles.